The molecule has 2 heterocycles. The van der Waals surface area contributed by atoms with Crippen LogP contribution in [0.2, 0.25) is 5.02 Å². The number of nitrogens with zero attached hydrogens (tertiary/aromatic N) is 2. The molecule has 242 valence electrons. The van der Waals surface area contributed by atoms with Crippen LogP contribution in [0.15, 0.2) is 60.2 Å². The zero-order valence-electron chi connectivity index (χ0n) is 23.4. The Kier molecular flexibility index (Phi) is 7.06. The summed E-state index contributed by atoms with van der Waals surface area (Å²) < 4.78 is 72.9. The molecule has 1 saturated carbocycles. The van der Waals surface area contributed by atoms with E-state index in [2.05, 4.69) is 0 Å². The van der Waals surface area contributed by atoms with Gasteiger partial charge in [-0.25, -0.2) is 26.9 Å². The third-order valence-corrected chi connectivity index (χ3v) is 11.2. The molecule has 15 heteroatoms. The number of alkyl halides is 2. The molecule has 3 fully saturated rings. The van der Waals surface area contributed by atoms with Crippen molar-refractivity contribution in [1.29, 1.82) is 0 Å². The maximum Gasteiger partial charge on any atom is 0.258 e. The summed E-state index contributed by atoms with van der Waals surface area (Å²) in [7, 11) is 0. The normalized spacial score (nSPS) is 30.0. The minimum absolute atomic E-state index is 0.0189. The number of rotatable bonds is 3. The van der Waals surface area contributed by atoms with Gasteiger partial charge in [0.05, 0.1) is 17.5 Å². The van der Waals surface area contributed by atoms with Crippen molar-refractivity contribution in [1.82, 2.24) is 0 Å². The molecule has 4 aliphatic rings. The fourth-order valence-corrected chi connectivity index (χ4v) is 8.61. The minimum atomic E-state index is -2.77. The molecular formula is C32H18Cl3F5N2O5. The lowest BCUT2D eigenvalue weighted by Gasteiger charge is -2.50. The van der Waals surface area contributed by atoms with Crippen molar-refractivity contribution >= 4 is 69.8 Å². The van der Waals surface area contributed by atoms with Crippen LogP contribution in [0.5, 0.6) is 5.75 Å². The van der Waals surface area contributed by atoms with Crippen LogP contribution in [-0.4, -0.2) is 38.5 Å². The third-order valence-electron chi connectivity index (χ3n) is 9.54. The summed E-state index contributed by atoms with van der Waals surface area (Å²) in [4.78, 5) is 51.3. The largest absolute Gasteiger partial charge is 0.508 e. The maximum absolute atomic E-state index is 15.1. The van der Waals surface area contributed by atoms with Gasteiger partial charge in [0.1, 0.15) is 11.4 Å². The van der Waals surface area contributed by atoms with Gasteiger partial charge in [0.15, 0.2) is 33.0 Å². The molecule has 6 atom stereocenters. The number of amides is 4. The van der Waals surface area contributed by atoms with Crippen LogP contribution in [0.4, 0.5) is 33.3 Å². The third kappa shape index (κ3) is 3.98. The molecule has 2 aliphatic heterocycles. The van der Waals surface area contributed by atoms with Crippen molar-refractivity contribution in [2.75, 3.05) is 9.80 Å². The molecule has 0 radical (unpaired) electrons. The van der Waals surface area contributed by atoms with Gasteiger partial charge in [0.2, 0.25) is 17.6 Å². The van der Waals surface area contributed by atoms with E-state index in [4.69, 9.17) is 34.8 Å². The number of benzene rings is 3. The van der Waals surface area contributed by atoms with Crippen molar-refractivity contribution in [3.05, 3.63) is 99.9 Å². The van der Waals surface area contributed by atoms with Crippen LogP contribution in [0.1, 0.15) is 24.3 Å². The zero-order chi connectivity index (χ0) is 33.9. The van der Waals surface area contributed by atoms with Crippen molar-refractivity contribution in [2.45, 2.75) is 28.5 Å². The standard InChI is InChI=1S/C32H18Cl3F5N2O5/c33-12-6-9-18(43)16(10-12)20-14-7-8-15-19(28(45)41(27(15)44)13-4-2-1-3-5-13)17(14)11-31(34)29(46)42(30(47)32(20,31)35)26-24(39)22(37)21(36)23(38)25(26)40/h1-7,9-10,15,17,19-20,43H,8,11H2/t15-,17+,19-,20+,31+,32-/m0/s1. The zero-order valence-corrected chi connectivity index (χ0v) is 25.7. The lowest BCUT2D eigenvalue weighted by molar-refractivity contribution is -0.125. The quantitative estimate of drug-likeness (QED) is 0.0836. The molecule has 1 N–H and O–H groups in total. The van der Waals surface area contributed by atoms with E-state index < -0.39 is 104 Å². The topological polar surface area (TPSA) is 95.0 Å². The molecule has 0 bridgehead atoms. The summed E-state index contributed by atoms with van der Waals surface area (Å²) in [5.41, 5.74) is -1.61. The lowest BCUT2D eigenvalue weighted by Crippen LogP contribution is -2.60. The summed E-state index contributed by atoms with van der Waals surface area (Å²) in [6.07, 6.45) is 0.810. The van der Waals surface area contributed by atoms with Gasteiger partial charge in [-0.1, -0.05) is 41.4 Å². The maximum atomic E-state index is 15.1. The fourth-order valence-electron chi connectivity index (χ4n) is 7.50. The Labute approximate surface area is 277 Å². The van der Waals surface area contributed by atoms with Gasteiger partial charge in [-0.05, 0) is 49.1 Å². The number of aromatic hydroxyl groups is 1. The molecule has 3 aromatic carbocycles. The van der Waals surface area contributed by atoms with E-state index in [0.717, 1.165) is 11.0 Å². The fraction of sp³-hybridized carbons (Fsp3) is 0.250. The second kappa shape index (κ2) is 10.5. The average Bonchev–Trinajstić information content (AvgIpc) is 3.39. The SMILES string of the molecule is O=C1[C@H]2[C@H](CC=C3[C@H]2C[C@@]2(Cl)C(=O)N(c4c(F)c(F)c(F)c(F)c4F)C(=O)[C@@]2(Cl)[C@H]3c2cc(Cl)ccc2O)C(=O)N1c1ccccc1. The highest BCUT2D eigenvalue weighted by molar-refractivity contribution is 6.58. The summed E-state index contributed by atoms with van der Waals surface area (Å²) in [6, 6.07) is 11.6. The molecule has 3 aromatic rings. The molecule has 2 aliphatic carbocycles. The number of halogens is 8. The predicted octanol–water partition coefficient (Wildman–Crippen LogP) is 6.51. The Hall–Kier alpha value is -4.00. The molecular weight excluding hydrogens is 694 g/mol. The minimum Gasteiger partial charge on any atom is -0.508 e. The number of hydrogen-bond acceptors (Lipinski definition) is 5. The molecule has 7 rings (SSSR count). The number of fused-ring (bicyclic) bond motifs is 4. The van der Waals surface area contributed by atoms with Crippen molar-refractivity contribution in [3.8, 4) is 5.75 Å². The molecule has 2 saturated heterocycles. The number of carbonyl (C=O) groups is 4. The number of allylic oxidation sites excluding steroid dienone is 2. The summed E-state index contributed by atoms with van der Waals surface area (Å²) in [5.74, 6) is -22.3. The first-order chi connectivity index (χ1) is 22.2. The second-order valence-electron chi connectivity index (χ2n) is 11.7. The first kappa shape index (κ1) is 31.6. The molecule has 0 aromatic heterocycles. The second-order valence-corrected chi connectivity index (χ2v) is 13.4. The van der Waals surface area contributed by atoms with Gasteiger partial charge in [-0.2, -0.15) is 0 Å². The molecule has 47 heavy (non-hydrogen) atoms. The highest BCUT2D eigenvalue weighted by atomic mass is 35.5. The van der Waals surface area contributed by atoms with Crippen LogP contribution in [0.3, 0.4) is 0 Å². The summed E-state index contributed by atoms with van der Waals surface area (Å²) in [6.45, 7) is 0. The molecule has 0 spiro atoms. The smallest absolute Gasteiger partial charge is 0.258 e. The van der Waals surface area contributed by atoms with Gasteiger partial charge < -0.3 is 5.11 Å². The van der Waals surface area contributed by atoms with Gasteiger partial charge in [0.25, 0.3) is 11.8 Å². The predicted molar refractivity (Wildman–Crippen MR) is 158 cm³/mol. The van der Waals surface area contributed by atoms with E-state index in [9.17, 15) is 37.5 Å². The van der Waals surface area contributed by atoms with Crippen molar-refractivity contribution < 1.29 is 46.2 Å². The number of anilines is 2. The van der Waals surface area contributed by atoms with Crippen LogP contribution in [-0.2, 0) is 19.2 Å². The number of imide groups is 2. The van der Waals surface area contributed by atoms with Crippen LogP contribution in [0.25, 0.3) is 0 Å². The number of phenols is 1. The Bertz CT molecular complexity index is 1970. The van der Waals surface area contributed by atoms with E-state index in [1.165, 1.54) is 18.2 Å². The number of carbonyl (C=O) groups excluding carboxylic acids is 4. The van der Waals surface area contributed by atoms with E-state index in [1.807, 2.05) is 0 Å². The Balaban J connectivity index is 1.45. The van der Waals surface area contributed by atoms with Gasteiger partial charge in [0, 0.05) is 16.5 Å². The van der Waals surface area contributed by atoms with E-state index in [1.54, 1.807) is 30.3 Å². The van der Waals surface area contributed by atoms with Gasteiger partial charge in [-0.3, -0.25) is 24.1 Å². The highest BCUT2D eigenvalue weighted by Crippen LogP contribution is 2.66. The highest BCUT2D eigenvalue weighted by Gasteiger charge is 2.77. The average molecular weight is 712 g/mol. The van der Waals surface area contributed by atoms with Crippen LogP contribution >= 0.6 is 34.8 Å². The van der Waals surface area contributed by atoms with E-state index >= 15 is 8.78 Å². The Morgan fingerprint density at radius 2 is 1.38 bits per heavy atom. The van der Waals surface area contributed by atoms with E-state index in [-0.39, 0.29) is 33.2 Å². The van der Waals surface area contributed by atoms with Gasteiger partial charge in [-0.15, -0.1) is 23.2 Å². The monoisotopic (exact) mass is 710 g/mol. The van der Waals surface area contributed by atoms with Crippen molar-refractivity contribution in [3.63, 3.8) is 0 Å². The lowest BCUT2D eigenvalue weighted by atomic mass is 9.56. The van der Waals surface area contributed by atoms with Crippen molar-refractivity contribution in [2.24, 2.45) is 17.8 Å². The molecule has 7 nitrogen and oxygen atoms in total. The van der Waals surface area contributed by atoms with Crippen LogP contribution in [0, 0.1) is 46.8 Å². The number of phenolic OH excluding ortho intramolecular Hbond substituents is 1. The summed E-state index contributed by atoms with van der Waals surface area (Å²) in [5, 5.41) is 11.0. The van der Waals surface area contributed by atoms with E-state index in [0.29, 0.717) is 0 Å². The van der Waals surface area contributed by atoms with Gasteiger partial charge >= 0.3 is 0 Å². The first-order valence-corrected chi connectivity index (χ1v) is 15.2. The Morgan fingerprint density at radius 3 is 2.02 bits per heavy atom. The molecule has 0 unspecified atom stereocenters. The first-order valence-electron chi connectivity index (χ1n) is 14.1. The number of para-hydroxylation sites is 1. The summed E-state index contributed by atoms with van der Waals surface area (Å²) >= 11 is 20.3. The van der Waals surface area contributed by atoms with Crippen LogP contribution < -0.4 is 9.80 Å². The number of hydrogen-bond donors (Lipinski definition) is 1. The Morgan fingerprint density at radius 1 is 0.766 bits per heavy atom. The molecule has 4 amide bonds.